The largest absolute Gasteiger partial charge is 0.457 e. The van der Waals surface area contributed by atoms with Crippen LogP contribution in [0.25, 0.3) is 0 Å². The van der Waals surface area contributed by atoms with Gasteiger partial charge in [0.25, 0.3) is 0 Å². The molecule has 0 saturated heterocycles. The summed E-state index contributed by atoms with van der Waals surface area (Å²) < 4.78 is 12.4. The highest BCUT2D eigenvalue weighted by atomic mass is 16.6. The molecular formula is C14H17NO3. The Labute approximate surface area is 106 Å². The Morgan fingerprint density at radius 3 is 2.56 bits per heavy atom. The van der Waals surface area contributed by atoms with Crippen molar-refractivity contribution in [2.45, 2.75) is 33.4 Å². The van der Waals surface area contributed by atoms with Crippen molar-refractivity contribution in [3.05, 3.63) is 47.7 Å². The molecule has 1 atom stereocenters. The Morgan fingerprint density at radius 1 is 1.33 bits per heavy atom. The molecule has 2 aromatic heterocycles. The number of hydrogen-bond donors (Lipinski definition) is 0. The molecule has 0 amide bonds. The number of aryl methyl sites for hydroxylation is 2. The molecule has 0 aliphatic carbocycles. The molecule has 0 fully saturated rings. The fraction of sp³-hybridized carbons (Fsp3) is 0.357. The highest BCUT2D eigenvalue weighted by molar-refractivity contribution is 5.86. The fourth-order valence-corrected chi connectivity index (χ4v) is 1.92. The predicted molar refractivity (Wildman–Crippen MR) is 67.5 cm³/mol. The number of ether oxygens (including phenoxy) is 1. The summed E-state index contributed by atoms with van der Waals surface area (Å²) in [5.74, 6) is -0.183. The van der Waals surface area contributed by atoms with Crippen LogP contribution in [0.4, 0.5) is 0 Å². The first-order valence-corrected chi connectivity index (χ1v) is 5.95. The summed E-state index contributed by atoms with van der Waals surface area (Å²) in [7, 11) is 0. The van der Waals surface area contributed by atoms with Gasteiger partial charge in [-0.3, -0.25) is 0 Å². The van der Waals surface area contributed by atoms with Gasteiger partial charge in [0.15, 0.2) is 0 Å². The molecule has 0 aliphatic rings. The zero-order valence-corrected chi connectivity index (χ0v) is 10.8. The Bertz CT molecular complexity index is 506. The monoisotopic (exact) mass is 247 g/mol. The van der Waals surface area contributed by atoms with Gasteiger partial charge >= 0.3 is 5.97 Å². The van der Waals surface area contributed by atoms with Crippen LogP contribution in [-0.2, 0) is 11.3 Å². The van der Waals surface area contributed by atoms with Crippen molar-refractivity contribution in [1.29, 1.82) is 0 Å². The van der Waals surface area contributed by atoms with E-state index in [1.807, 2.05) is 20.8 Å². The lowest BCUT2D eigenvalue weighted by Gasteiger charge is -2.16. The first-order valence-electron chi connectivity index (χ1n) is 5.95. The highest BCUT2D eigenvalue weighted by Crippen LogP contribution is 2.11. The molecule has 0 bridgehead atoms. The first kappa shape index (κ1) is 12.5. The molecule has 2 heterocycles. The van der Waals surface area contributed by atoms with Gasteiger partial charge in [0, 0.05) is 11.4 Å². The molecule has 1 unspecified atom stereocenters. The van der Waals surface area contributed by atoms with E-state index >= 15 is 0 Å². The van der Waals surface area contributed by atoms with E-state index < -0.39 is 5.97 Å². The molecule has 0 radical (unpaired) electrons. The molecule has 4 nitrogen and oxygen atoms in total. The van der Waals surface area contributed by atoms with Crippen LogP contribution in [0.1, 0.15) is 28.9 Å². The molecule has 0 aromatic carbocycles. The normalized spacial score (nSPS) is 12.4. The number of carbonyl (C=O) groups excluding carboxylic acids is 1. The summed E-state index contributed by atoms with van der Waals surface area (Å²) in [6, 6.07) is 7.37. The standard InChI is InChI=1S/C14H17NO3/c1-10-6-7-11(2)15(10)9-12(3)18-14(16)13-5-4-8-17-13/h4-8,12H,9H2,1-3H3. The maximum atomic E-state index is 11.7. The molecular weight excluding hydrogens is 230 g/mol. The van der Waals surface area contributed by atoms with Crippen molar-refractivity contribution in [1.82, 2.24) is 4.57 Å². The van der Waals surface area contributed by atoms with Gasteiger partial charge in [-0.1, -0.05) is 0 Å². The van der Waals surface area contributed by atoms with E-state index in [1.54, 1.807) is 12.1 Å². The summed E-state index contributed by atoms with van der Waals surface area (Å²) in [5.41, 5.74) is 2.32. The Kier molecular flexibility index (Phi) is 3.55. The van der Waals surface area contributed by atoms with Gasteiger partial charge in [0.1, 0.15) is 6.10 Å². The maximum Gasteiger partial charge on any atom is 0.374 e. The van der Waals surface area contributed by atoms with E-state index in [9.17, 15) is 4.79 Å². The lowest BCUT2D eigenvalue weighted by atomic mass is 10.3. The second-order valence-corrected chi connectivity index (χ2v) is 4.42. The molecule has 4 heteroatoms. The Morgan fingerprint density at radius 2 is 2.00 bits per heavy atom. The second kappa shape index (κ2) is 5.12. The summed E-state index contributed by atoms with van der Waals surface area (Å²) >= 11 is 0. The van der Waals surface area contributed by atoms with Gasteiger partial charge in [-0.25, -0.2) is 4.79 Å². The number of rotatable bonds is 4. The van der Waals surface area contributed by atoms with Crippen molar-refractivity contribution in [3.8, 4) is 0 Å². The molecule has 0 N–H and O–H groups in total. The number of hydrogen-bond acceptors (Lipinski definition) is 3. The molecule has 0 spiro atoms. The number of carbonyl (C=O) groups is 1. The lowest BCUT2D eigenvalue weighted by molar-refractivity contribution is 0.0268. The van der Waals surface area contributed by atoms with Gasteiger partial charge in [-0.2, -0.15) is 0 Å². The molecule has 2 rings (SSSR count). The van der Waals surface area contributed by atoms with Crippen LogP contribution in [0.3, 0.4) is 0 Å². The zero-order chi connectivity index (χ0) is 13.1. The van der Waals surface area contributed by atoms with E-state index in [2.05, 4.69) is 16.7 Å². The third kappa shape index (κ3) is 2.64. The van der Waals surface area contributed by atoms with Crippen LogP contribution < -0.4 is 0 Å². The Balaban J connectivity index is 1.97. The van der Waals surface area contributed by atoms with E-state index in [4.69, 9.17) is 9.15 Å². The first-order chi connectivity index (χ1) is 8.58. The minimum Gasteiger partial charge on any atom is -0.457 e. The van der Waals surface area contributed by atoms with Crippen molar-refractivity contribution in [2.24, 2.45) is 0 Å². The van der Waals surface area contributed by atoms with E-state index in [0.29, 0.717) is 6.54 Å². The van der Waals surface area contributed by atoms with Crippen LogP contribution in [0, 0.1) is 13.8 Å². The SMILES string of the molecule is Cc1ccc(C)n1CC(C)OC(=O)c1ccco1. The molecule has 96 valence electrons. The third-order valence-corrected chi connectivity index (χ3v) is 2.89. The predicted octanol–water partition coefficient (Wildman–Crippen LogP) is 2.94. The topological polar surface area (TPSA) is 44.4 Å². The third-order valence-electron chi connectivity index (χ3n) is 2.89. The molecule has 18 heavy (non-hydrogen) atoms. The maximum absolute atomic E-state index is 11.7. The summed E-state index contributed by atoms with van der Waals surface area (Å²) in [4.78, 5) is 11.7. The molecule has 0 saturated carbocycles. The average molecular weight is 247 g/mol. The van der Waals surface area contributed by atoms with Crippen molar-refractivity contribution >= 4 is 5.97 Å². The summed E-state index contributed by atoms with van der Waals surface area (Å²) in [6.45, 7) is 6.60. The number of esters is 1. The fourth-order valence-electron chi connectivity index (χ4n) is 1.92. The van der Waals surface area contributed by atoms with Gasteiger partial charge in [0.2, 0.25) is 5.76 Å². The molecule has 2 aromatic rings. The molecule has 0 aliphatic heterocycles. The minimum absolute atomic E-state index is 0.201. The van der Waals surface area contributed by atoms with Gasteiger partial charge < -0.3 is 13.7 Å². The van der Waals surface area contributed by atoms with E-state index in [-0.39, 0.29) is 11.9 Å². The van der Waals surface area contributed by atoms with Crippen LogP contribution in [0.2, 0.25) is 0 Å². The van der Waals surface area contributed by atoms with Gasteiger partial charge in [0.05, 0.1) is 12.8 Å². The second-order valence-electron chi connectivity index (χ2n) is 4.42. The van der Waals surface area contributed by atoms with Crippen LogP contribution in [0.5, 0.6) is 0 Å². The number of aromatic nitrogens is 1. The van der Waals surface area contributed by atoms with E-state index in [0.717, 1.165) is 11.4 Å². The number of nitrogens with zero attached hydrogens (tertiary/aromatic N) is 1. The van der Waals surface area contributed by atoms with Gasteiger partial charge in [-0.05, 0) is 45.0 Å². The summed E-state index contributed by atoms with van der Waals surface area (Å²) in [5, 5.41) is 0. The number of furan rings is 1. The van der Waals surface area contributed by atoms with Crippen LogP contribution >= 0.6 is 0 Å². The van der Waals surface area contributed by atoms with Crippen molar-refractivity contribution in [2.75, 3.05) is 0 Å². The minimum atomic E-state index is -0.421. The van der Waals surface area contributed by atoms with Gasteiger partial charge in [-0.15, -0.1) is 0 Å². The lowest BCUT2D eigenvalue weighted by Crippen LogP contribution is -2.21. The van der Waals surface area contributed by atoms with Crippen molar-refractivity contribution in [3.63, 3.8) is 0 Å². The average Bonchev–Trinajstić information content (AvgIpc) is 2.94. The van der Waals surface area contributed by atoms with E-state index in [1.165, 1.54) is 6.26 Å². The quantitative estimate of drug-likeness (QED) is 0.780. The Hall–Kier alpha value is -1.97. The smallest absolute Gasteiger partial charge is 0.374 e. The highest BCUT2D eigenvalue weighted by Gasteiger charge is 2.15. The zero-order valence-electron chi connectivity index (χ0n) is 10.8. The van der Waals surface area contributed by atoms with Crippen LogP contribution in [0.15, 0.2) is 34.9 Å². The van der Waals surface area contributed by atoms with Crippen molar-refractivity contribution < 1.29 is 13.9 Å². The van der Waals surface area contributed by atoms with Crippen LogP contribution in [-0.4, -0.2) is 16.6 Å². The summed E-state index contributed by atoms with van der Waals surface area (Å²) in [6.07, 6.45) is 1.26.